The molecule has 2 aromatic heterocycles. The van der Waals surface area contributed by atoms with Crippen LogP contribution in [0.5, 0.6) is 0 Å². The summed E-state index contributed by atoms with van der Waals surface area (Å²) >= 11 is 0. The van der Waals surface area contributed by atoms with Gasteiger partial charge in [0.05, 0.1) is 5.56 Å². The molecular formula is C21H24F3N4O2+. The number of fused-ring (bicyclic) bond motifs is 2. The van der Waals surface area contributed by atoms with Gasteiger partial charge in [-0.3, -0.25) is 4.79 Å². The Bertz CT molecular complexity index is 1230. The van der Waals surface area contributed by atoms with E-state index in [1.165, 1.54) is 21.6 Å². The fraction of sp³-hybridized carbons (Fsp3) is 0.524. The van der Waals surface area contributed by atoms with E-state index in [4.69, 9.17) is 0 Å². The molecule has 0 fully saturated rings. The third kappa shape index (κ3) is 3.50. The third-order valence-corrected chi connectivity index (χ3v) is 5.74. The Hall–Kier alpha value is -2.71. The van der Waals surface area contributed by atoms with Crippen LogP contribution in [0.3, 0.4) is 0 Å². The van der Waals surface area contributed by atoms with E-state index in [1.807, 2.05) is 0 Å². The van der Waals surface area contributed by atoms with Gasteiger partial charge in [0, 0.05) is 6.54 Å². The van der Waals surface area contributed by atoms with Gasteiger partial charge in [-0.15, -0.1) is 0 Å². The average molecular weight is 421 g/mol. The Morgan fingerprint density at radius 2 is 1.83 bits per heavy atom. The number of benzene rings is 1. The molecular weight excluding hydrogens is 397 g/mol. The van der Waals surface area contributed by atoms with Crippen LogP contribution < -0.4 is 15.8 Å². The lowest BCUT2D eigenvalue weighted by Crippen LogP contribution is -2.42. The Labute approximate surface area is 170 Å². The molecule has 0 bridgehead atoms. The number of halogens is 3. The fourth-order valence-corrected chi connectivity index (χ4v) is 4.17. The van der Waals surface area contributed by atoms with E-state index < -0.39 is 17.3 Å². The molecule has 0 aliphatic carbocycles. The van der Waals surface area contributed by atoms with Gasteiger partial charge in [0.25, 0.3) is 5.56 Å². The van der Waals surface area contributed by atoms with Crippen molar-refractivity contribution in [2.45, 2.75) is 71.3 Å². The largest absolute Gasteiger partial charge is 0.418 e. The summed E-state index contributed by atoms with van der Waals surface area (Å²) in [7, 11) is 0. The lowest BCUT2D eigenvalue weighted by molar-refractivity contribution is -0.637. The second-order valence-electron chi connectivity index (χ2n) is 7.80. The maximum Gasteiger partial charge on any atom is 0.418 e. The van der Waals surface area contributed by atoms with Crippen molar-refractivity contribution in [3.63, 3.8) is 0 Å². The Kier molecular flexibility index (Phi) is 5.38. The zero-order valence-corrected chi connectivity index (χ0v) is 16.8. The molecule has 0 radical (unpaired) electrons. The van der Waals surface area contributed by atoms with E-state index in [0.717, 1.165) is 37.8 Å². The molecule has 6 nitrogen and oxygen atoms in total. The lowest BCUT2D eigenvalue weighted by atomic mass is 10.1. The zero-order valence-electron chi connectivity index (χ0n) is 16.8. The second-order valence-corrected chi connectivity index (χ2v) is 7.80. The Balaban J connectivity index is 1.78. The van der Waals surface area contributed by atoms with E-state index >= 15 is 0 Å². The number of alkyl halides is 3. The smallest absolute Gasteiger partial charge is 0.266 e. The molecule has 0 unspecified atom stereocenters. The number of rotatable bonds is 7. The normalized spacial score (nSPS) is 13.6. The molecule has 0 spiro atoms. The molecule has 0 saturated carbocycles. The predicted octanol–water partition coefficient (Wildman–Crippen LogP) is 3.39. The first-order valence-electron chi connectivity index (χ1n) is 10.4. The predicted molar refractivity (Wildman–Crippen MR) is 106 cm³/mol. The molecule has 0 saturated heterocycles. The van der Waals surface area contributed by atoms with Crippen molar-refractivity contribution < 1.29 is 17.7 Å². The van der Waals surface area contributed by atoms with E-state index in [2.05, 4.69) is 11.9 Å². The van der Waals surface area contributed by atoms with Crippen molar-refractivity contribution in [3.05, 3.63) is 44.6 Å². The quantitative estimate of drug-likeness (QED) is 0.334. The van der Waals surface area contributed by atoms with Crippen molar-refractivity contribution >= 4 is 22.2 Å². The van der Waals surface area contributed by atoms with Crippen LogP contribution in [-0.4, -0.2) is 14.1 Å². The summed E-state index contributed by atoms with van der Waals surface area (Å²) in [6.07, 6.45) is 1.62. The highest BCUT2D eigenvalue weighted by Crippen LogP contribution is 2.30. The molecule has 3 aromatic rings. The van der Waals surface area contributed by atoms with Gasteiger partial charge in [0.2, 0.25) is 5.52 Å². The van der Waals surface area contributed by atoms with Crippen LogP contribution >= 0.6 is 0 Å². The highest BCUT2D eigenvalue weighted by Gasteiger charge is 2.34. The van der Waals surface area contributed by atoms with Crippen molar-refractivity contribution in [1.29, 1.82) is 0 Å². The molecule has 0 atom stereocenters. The van der Waals surface area contributed by atoms with Crippen LogP contribution in [0.15, 0.2) is 27.8 Å². The summed E-state index contributed by atoms with van der Waals surface area (Å²) in [5.74, 6) is 0. The molecule has 0 N–H and O–H groups in total. The number of aromatic nitrogens is 4. The van der Waals surface area contributed by atoms with Crippen LogP contribution in [0.4, 0.5) is 13.2 Å². The number of unbranched alkanes of at least 4 members (excludes halogenated alkanes) is 5. The number of nitrogens with zero attached hydrogens (tertiary/aromatic N) is 4. The number of hydrogen-bond acceptors (Lipinski definition) is 3. The van der Waals surface area contributed by atoms with Gasteiger partial charge in [-0.05, 0) is 24.6 Å². The van der Waals surface area contributed by atoms with Gasteiger partial charge in [0.1, 0.15) is 18.6 Å². The third-order valence-electron chi connectivity index (χ3n) is 5.74. The number of hydrogen-bond donors (Lipinski definition) is 0. The molecule has 9 heteroatoms. The van der Waals surface area contributed by atoms with E-state index in [-0.39, 0.29) is 16.7 Å². The van der Waals surface area contributed by atoms with E-state index in [0.29, 0.717) is 37.2 Å². The van der Waals surface area contributed by atoms with Crippen molar-refractivity contribution in [2.75, 3.05) is 0 Å². The van der Waals surface area contributed by atoms with Gasteiger partial charge in [-0.1, -0.05) is 39.0 Å². The average Bonchev–Trinajstić information content (AvgIpc) is 3.15. The van der Waals surface area contributed by atoms with Gasteiger partial charge in [-0.25, -0.2) is 18.9 Å². The van der Waals surface area contributed by atoms with Gasteiger partial charge in [-0.2, -0.15) is 17.7 Å². The topological polar surface area (TPSA) is 60.8 Å². The first-order chi connectivity index (χ1) is 14.3. The summed E-state index contributed by atoms with van der Waals surface area (Å²) in [5, 5.41) is 0. The summed E-state index contributed by atoms with van der Waals surface area (Å²) in [6.45, 7) is 3.21. The van der Waals surface area contributed by atoms with Crippen LogP contribution in [0.1, 0.15) is 51.0 Å². The number of aryl methyl sites for hydroxylation is 2. The lowest BCUT2D eigenvalue weighted by Gasteiger charge is -2.09. The van der Waals surface area contributed by atoms with Crippen molar-refractivity contribution in [2.24, 2.45) is 0 Å². The van der Waals surface area contributed by atoms with Crippen LogP contribution in [0.25, 0.3) is 22.2 Å². The molecule has 1 aliphatic heterocycles. The second kappa shape index (κ2) is 7.85. The van der Waals surface area contributed by atoms with Gasteiger partial charge in [0.15, 0.2) is 5.52 Å². The summed E-state index contributed by atoms with van der Waals surface area (Å²) in [6, 6.07) is 3.32. The zero-order chi connectivity index (χ0) is 21.5. The van der Waals surface area contributed by atoms with Crippen LogP contribution in [0.2, 0.25) is 0 Å². The molecule has 160 valence electrons. The minimum Gasteiger partial charge on any atom is -0.266 e. The van der Waals surface area contributed by atoms with Gasteiger partial charge >= 0.3 is 17.5 Å². The summed E-state index contributed by atoms with van der Waals surface area (Å²) in [4.78, 5) is 30.2. The maximum atomic E-state index is 13.1. The highest BCUT2D eigenvalue weighted by molar-refractivity contribution is 5.80. The first kappa shape index (κ1) is 20.6. The highest BCUT2D eigenvalue weighted by atomic mass is 19.4. The Morgan fingerprint density at radius 1 is 1.10 bits per heavy atom. The van der Waals surface area contributed by atoms with E-state index in [9.17, 15) is 22.8 Å². The minimum atomic E-state index is -4.49. The summed E-state index contributed by atoms with van der Waals surface area (Å²) in [5.41, 5.74) is -0.702. The van der Waals surface area contributed by atoms with Gasteiger partial charge < -0.3 is 0 Å². The maximum absolute atomic E-state index is 13.1. The monoisotopic (exact) mass is 421 g/mol. The molecule has 30 heavy (non-hydrogen) atoms. The molecule has 1 aromatic carbocycles. The Morgan fingerprint density at radius 3 is 2.57 bits per heavy atom. The molecule has 3 heterocycles. The SMILES string of the molecule is CCCCCCCCn1c(=O)c2nc3cc(C(F)(F)F)ccc3[n+]3c2n(c1=O)CC3. The van der Waals surface area contributed by atoms with Crippen LogP contribution in [0, 0.1) is 0 Å². The fourth-order valence-electron chi connectivity index (χ4n) is 4.17. The van der Waals surface area contributed by atoms with Crippen molar-refractivity contribution in [3.8, 4) is 0 Å². The van der Waals surface area contributed by atoms with Crippen LogP contribution in [-0.2, 0) is 25.8 Å². The molecule has 4 rings (SSSR count). The minimum absolute atomic E-state index is 0.0462. The molecule has 1 aliphatic rings. The standard InChI is InChI=1S/C21H24F3N4O2/c1-2-3-4-5-6-7-10-28-19(29)17-18-26(11-12-27(18)20(28)30)16-9-8-14(21(22,23)24)13-15(16)25-17/h8-9,13H,2-7,10-12H2,1H3/q+1. The first-order valence-corrected chi connectivity index (χ1v) is 10.4. The molecule has 0 amide bonds. The summed E-state index contributed by atoms with van der Waals surface area (Å²) < 4.78 is 43.8. The van der Waals surface area contributed by atoms with Crippen molar-refractivity contribution in [1.82, 2.24) is 14.1 Å². The van der Waals surface area contributed by atoms with E-state index in [1.54, 1.807) is 4.57 Å².